The van der Waals surface area contributed by atoms with Crippen LogP contribution in [0.4, 0.5) is 0 Å². The van der Waals surface area contributed by atoms with Gasteiger partial charge in [0, 0.05) is 20.0 Å². The molecule has 0 saturated carbocycles. The average Bonchev–Trinajstić information content (AvgIpc) is 2.87. The number of carbonyl (C=O) groups is 2. The van der Waals surface area contributed by atoms with Crippen LogP contribution in [0.3, 0.4) is 0 Å². The second kappa shape index (κ2) is 6.05. The second-order valence-electron chi connectivity index (χ2n) is 5.05. The highest BCUT2D eigenvalue weighted by Gasteiger charge is 2.38. The first-order valence-electron chi connectivity index (χ1n) is 6.70. The molecule has 2 atom stereocenters. The van der Waals surface area contributed by atoms with E-state index in [4.69, 9.17) is 4.84 Å². The Balaban J connectivity index is 2.08. The van der Waals surface area contributed by atoms with Crippen LogP contribution in [-0.4, -0.2) is 42.5 Å². The number of rotatable bonds is 4. The standard InChI is InChI=1S/C15H20N2O3/c1-11(12-7-5-4-6-8-12)17-10-13(9-14(17)18)15(19)16(2)20-3/h4-8,11,13H,9-10H2,1-3H3/t11-,13?/m0/s1. The van der Waals surface area contributed by atoms with E-state index in [2.05, 4.69) is 0 Å². The summed E-state index contributed by atoms with van der Waals surface area (Å²) in [6, 6.07) is 9.82. The summed E-state index contributed by atoms with van der Waals surface area (Å²) >= 11 is 0. The Bertz CT molecular complexity index is 489. The van der Waals surface area contributed by atoms with Crippen LogP contribution >= 0.6 is 0 Å². The molecule has 1 saturated heterocycles. The van der Waals surface area contributed by atoms with Gasteiger partial charge in [0.1, 0.15) is 0 Å². The molecule has 108 valence electrons. The third-order valence-corrected chi connectivity index (χ3v) is 3.84. The number of amides is 2. The third kappa shape index (κ3) is 2.82. The molecule has 2 rings (SSSR count). The minimum atomic E-state index is -0.321. The summed E-state index contributed by atoms with van der Waals surface area (Å²) in [6.45, 7) is 2.43. The molecule has 1 heterocycles. The van der Waals surface area contributed by atoms with Gasteiger partial charge in [0.15, 0.2) is 0 Å². The van der Waals surface area contributed by atoms with Crippen molar-refractivity contribution >= 4 is 11.8 Å². The fourth-order valence-electron chi connectivity index (χ4n) is 2.53. The van der Waals surface area contributed by atoms with Gasteiger partial charge in [-0.2, -0.15) is 0 Å². The second-order valence-corrected chi connectivity index (χ2v) is 5.05. The van der Waals surface area contributed by atoms with Crippen molar-refractivity contribution in [1.29, 1.82) is 0 Å². The largest absolute Gasteiger partial charge is 0.335 e. The molecule has 5 nitrogen and oxygen atoms in total. The molecule has 1 aromatic rings. The Morgan fingerprint density at radius 2 is 2.05 bits per heavy atom. The van der Waals surface area contributed by atoms with Crippen LogP contribution in [0.25, 0.3) is 0 Å². The summed E-state index contributed by atoms with van der Waals surface area (Å²) in [6.07, 6.45) is 0.254. The minimum absolute atomic E-state index is 0.0178. The van der Waals surface area contributed by atoms with Gasteiger partial charge in [-0.05, 0) is 12.5 Å². The van der Waals surface area contributed by atoms with Crippen molar-refractivity contribution in [2.75, 3.05) is 20.7 Å². The van der Waals surface area contributed by atoms with Crippen LogP contribution in [0.2, 0.25) is 0 Å². The number of hydrogen-bond donors (Lipinski definition) is 0. The van der Waals surface area contributed by atoms with Crippen LogP contribution in [0.1, 0.15) is 24.9 Å². The van der Waals surface area contributed by atoms with E-state index in [1.165, 1.54) is 12.2 Å². The Morgan fingerprint density at radius 1 is 1.40 bits per heavy atom. The molecule has 0 spiro atoms. The van der Waals surface area contributed by atoms with E-state index in [0.29, 0.717) is 6.54 Å². The fraction of sp³-hybridized carbons (Fsp3) is 0.467. The van der Waals surface area contributed by atoms with Crippen molar-refractivity contribution in [2.45, 2.75) is 19.4 Å². The molecular weight excluding hydrogens is 256 g/mol. The SMILES string of the molecule is CON(C)C(=O)C1CC(=O)N([C@@H](C)c2ccccc2)C1. The first-order chi connectivity index (χ1) is 9.54. The molecule has 1 unspecified atom stereocenters. The van der Waals surface area contributed by atoms with Gasteiger partial charge in [-0.3, -0.25) is 14.4 Å². The van der Waals surface area contributed by atoms with Gasteiger partial charge in [0.2, 0.25) is 5.91 Å². The van der Waals surface area contributed by atoms with Crippen LogP contribution in [0, 0.1) is 5.92 Å². The van der Waals surface area contributed by atoms with E-state index < -0.39 is 0 Å². The third-order valence-electron chi connectivity index (χ3n) is 3.84. The van der Waals surface area contributed by atoms with Gasteiger partial charge in [-0.15, -0.1) is 0 Å². The van der Waals surface area contributed by atoms with Crippen LogP contribution < -0.4 is 0 Å². The quantitative estimate of drug-likeness (QED) is 0.785. The number of nitrogens with zero attached hydrogens (tertiary/aromatic N) is 2. The van der Waals surface area contributed by atoms with E-state index in [9.17, 15) is 9.59 Å². The molecule has 1 aromatic carbocycles. The van der Waals surface area contributed by atoms with Crippen molar-refractivity contribution in [3.63, 3.8) is 0 Å². The Labute approximate surface area is 119 Å². The number of benzene rings is 1. The highest BCUT2D eigenvalue weighted by atomic mass is 16.7. The molecule has 1 fully saturated rings. The number of likely N-dealkylation sites (tertiary alicyclic amines) is 1. The van der Waals surface area contributed by atoms with Crippen LogP contribution in [-0.2, 0) is 14.4 Å². The molecular formula is C15H20N2O3. The predicted molar refractivity (Wildman–Crippen MR) is 74.5 cm³/mol. The molecule has 1 aliphatic heterocycles. The summed E-state index contributed by atoms with van der Waals surface area (Å²) in [5, 5.41) is 1.19. The smallest absolute Gasteiger partial charge is 0.251 e. The molecule has 0 aliphatic carbocycles. The lowest BCUT2D eigenvalue weighted by atomic mass is 10.1. The van der Waals surface area contributed by atoms with Gasteiger partial charge < -0.3 is 4.90 Å². The summed E-state index contributed by atoms with van der Waals surface area (Å²) in [7, 11) is 3.01. The molecule has 1 aliphatic rings. The highest BCUT2D eigenvalue weighted by Crippen LogP contribution is 2.29. The van der Waals surface area contributed by atoms with Gasteiger partial charge in [0.25, 0.3) is 5.91 Å². The van der Waals surface area contributed by atoms with Crippen molar-refractivity contribution < 1.29 is 14.4 Å². The van der Waals surface area contributed by atoms with E-state index in [-0.39, 0.29) is 30.2 Å². The molecule has 20 heavy (non-hydrogen) atoms. The Hall–Kier alpha value is -1.88. The molecule has 0 radical (unpaired) electrons. The monoisotopic (exact) mass is 276 g/mol. The molecule has 0 aromatic heterocycles. The van der Waals surface area contributed by atoms with Crippen LogP contribution in [0.15, 0.2) is 30.3 Å². The zero-order chi connectivity index (χ0) is 14.7. The molecule has 0 N–H and O–H groups in total. The molecule has 0 bridgehead atoms. The maximum atomic E-state index is 12.1. The summed E-state index contributed by atoms with van der Waals surface area (Å²) in [4.78, 5) is 30.8. The van der Waals surface area contributed by atoms with Crippen molar-refractivity contribution in [1.82, 2.24) is 9.96 Å². The van der Waals surface area contributed by atoms with Gasteiger partial charge >= 0.3 is 0 Å². The number of carbonyl (C=O) groups excluding carboxylic acids is 2. The van der Waals surface area contributed by atoms with E-state index in [1.807, 2.05) is 37.3 Å². The first-order valence-corrected chi connectivity index (χ1v) is 6.70. The first kappa shape index (κ1) is 14.5. The van der Waals surface area contributed by atoms with Crippen molar-refractivity contribution in [2.24, 2.45) is 5.92 Å². The van der Waals surface area contributed by atoms with Gasteiger partial charge in [0.05, 0.1) is 19.1 Å². The van der Waals surface area contributed by atoms with E-state index >= 15 is 0 Å². The summed E-state index contributed by atoms with van der Waals surface area (Å²) in [5.74, 6) is -0.452. The van der Waals surface area contributed by atoms with E-state index in [0.717, 1.165) is 5.56 Å². The zero-order valence-corrected chi connectivity index (χ0v) is 12.1. The van der Waals surface area contributed by atoms with E-state index in [1.54, 1.807) is 11.9 Å². The Morgan fingerprint density at radius 3 is 2.65 bits per heavy atom. The van der Waals surface area contributed by atoms with Crippen LogP contribution in [0.5, 0.6) is 0 Å². The average molecular weight is 276 g/mol. The lowest BCUT2D eigenvalue weighted by molar-refractivity contribution is -0.173. The fourth-order valence-corrected chi connectivity index (χ4v) is 2.53. The Kier molecular flexibility index (Phi) is 4.39. The lowest BCUT2D eigenvalue weighted by Crippen LogP contribution is -2.34. The molecule has 2 amide bonds. The predicted octanol–water partition coefficient (Wildman–Crippen LogP) is 1.62. The van der Waals surface area contributed by atoms with Crippen molar-refractivity contribution in [3.05, 3.63) is 35.9 Å². The van der Waals surface area contributed by atoms with Gasteiger partial charge in [-0.1, -0.05) is 30.3 Å². The van der Waals surface area contributed by atoms with Crippen molar-refractivity contribution in [3.8, 4) is 0 Å². The normalized spacial score (nSPS) is 20.1. The number of hydroxylamine groups is 2. The number of hydrogen-bond acceptors (Lipinski definition) is 3. The minimum Gasteiger partial charge on any atom is -0.335 e. The lowest BCUT2D eigenvalue weighted by Gasteiger charge is -2.25. The maximum absolute atomic E-state index is 12.1. The highest BCUT2D eigenvalue weighted by molar-refractivity contribution is 5.89. The summed E-state index contributed by atoms with van der Waals surface area (Å²) < 4.78 is 0. The zero-order valence-electron chi connectivity index (χ0n) is 12.1. The topological polar surface area (TPSA) is 49.9 Å². The maximum Gasteiger partial charge on any atom is 0.251 e. The summed E-state index contributed by atoms with van der Waals surface area (Å²) in [5.41, 5.74) is 1.08. The molecule has 5 heteroatoms. The van der Waals surface area contributed by atoms with Gasteiger partial charge in [-0.25, -0.2) is 5.06 Å².